The standard InChI is InChI=1S/C21H20N4O2S/c26-20(12-17-5-2-10-27-17)24-9-1-4-16(13-24)21-22-19-8-7-15(14-25(19)23-21)18-6-3-11-28-18/h2-3,5-8,10-11,14,16H,1,4,9,12-13H2. The van der Waals surface area contributed by atoms with E-state index in [4.69, 9.17) is 14.5 Å². The number of hydrogen-bond acceptors (Lipinski definition) is 5. The minimum Gasteiger partial charge on any atom is -0.469 e. The van der Waals surface area contributed by atoms with Crippen molar-refractivity contribution in [2.45, 2.75) is 25.2 Å². The zero-order valence-corrected chi connectivity index (χ0v) is 16.1. The van der Waals surface area contributed by atoms with Gasteiger partial charge in [0.25, 0.3) is 0 Å². The molecular weight excluding hydrogens is 372 g/mol. The number of thiophene rings is 1. The Kier molecular flexibility index (Phi) is 4.44. The van der Waals surface area contributed by atoms with Gasteiger partial charge in [-0.15, -0.1) is 11.3 Å². The summed E-state index contributed by atoms with van der Waals surface area (Å²) in [5, 5.41) is 6.80. The Bertz CT molecular complexity index is 1090. The van der Waals surface area contributed by atoms with Crippen LogP contribution in [0.4, 0.5) is 0 Å². The second-order valence-corrected chi connectivity index (χ2v) is 8.05. The Morgan fingerprint density at radius 3 is 3.04 bits per heavy atom. The highest BCUT2D eigenvalue weighted by Crippen LogP contribution is 2.28. The van der Waals surface area contributed by atoms with Gasteiger partial charge in [-0.25, -0.2) is 9.50 Å². The van der Waals surface area contributed by atoms with E-state index in [1.54, 1.807) is 17.6 Å². The number of furan rings is 1. The molecule has 0 aliphatic carbocycles. The van der Waals surface area contributed by atoms with E-state index in [0.29, 0.717) is 18.7 Å². The van der Waals surface area contributed by atoms with Gasteiger partial charge >= 0.3 is 0 Å². The van der Waals surface area contributed by atoms with Crippen LogP contribution >= 0.6 is 11.3 Å². The van der Waals surface area contributed by atoms with Crippen LogP contribution in [-0.4, -0.2) is 38.5 Å². The molecule has 7 heteroatoms. The monoisotopic (exact) mass is 392 g/mol. The number of piperidine rings is 1. The number of carbonyl (C=O) groups excluding carboxylic acids is 1. The number of nitrogens with zero attached hydrogens (tertiary/aromatic N) is 4. The van der Waals surface area contributed by atoms with E-state index in [9.17, 15) is 4.79 Å². The third-order valence-corrected chi connectivity index (χ3v) is 6.12. The fourth-order valence-corrected chi connectivity index (χ4v) is 4.47. The van der Waals surface area contributed by atoms with Crippen molar-refractivity contribution in [1.82, 2.24) is 19.5 Å². The van der Waals surface area contributed by atoms with Crippen molar-refractivity contribution in [2.24, 2.45) is 0 Å². The molecule has 6 nitrogen and oxygen atoms in total. The first-order chi connectivity index (χ1) is 13.8. The molecule has 142 valence electrons. The summed E-state index contributed by atoms with van der Waals surface area (Å²) in [4.78, 5) is 20.5. The van der Waals surface area contributed by atoms with Crippen molar-refractivity contribution in [3.05, 3.63) is 65.8 Å². The molecule has 0 aromatic carbocycles. The summed E-state index contributed by atoms with van der Waals surface area (Å²) in [6.07, 6.45) is 5.90. The van der Waals surface area contributed by atoms with Gasteiger partial charge in [-0.1, -0.05) is 6.07 Å². The van der Waals surface area contributed by atoms with Gasteiger partial charge < -0.3 is 9.32 Å². The molecular formula is C21H20N4O2S. The molecule has 1 fully saturated rings. The maximum atomic E-state index is 12.6. The van der Waals surface area contributed by atoms with Crippen molar-refractivity contribution in [3.8, 4) is 10.4 Å². The molecule has 5 heterocycles. The number of amides is 1. The predicted molar refractivity (Wildman–Crippen MR) is 107 cm³/mol. The lowest BCUT2D eigenvalue weighted by atomic mass is 9.97. The fraction of sp³-hybridized carbons (Fsp3) is 0.286. The van der Waals surface area contributed by atoms with Crippen LogP contribution < -0.4 is 0 Å². The lowest BCUT2D eigenvalue weighted by molar-refractivity contribution is -0.132. The second-order valence-electron chi connectivity index (χ2n) is 7.10. The van der Waals surface area contributed by atoms with Crippen LogP contribution in [0.5, 0.6) is 0 Å². The van der Waals surface area contributed by atoms with E-state index in [1.807, 2.05) is 39.9 Å². The molecule has 0 saturated carbocycles. The van der Waals surface area contributed by atoms with Gasteiger partial charge in [-0.2, -0.15) is 5.10 Å². The second kappa shape index (κ2) is 7.24. The molecule has 0 spiro atoms. The van der Waals surface area contributed by atoms with Gasteiger partial charge in [0, 0.05) is 35.6 Å². The highest BCUT2D eigenvalue weighted by molar-refractivity contribution is 7.13. The van der Waals surface area contributed by atoms with Crippen LogP contribution in [-0.2, 0) is 11.2 Å². The number of aromatic nitrogens is 3. The number of hydrogen-bond donors (Lipinski definition) is 0. The van der Waals surface area contributed by atoms with Gasteiger partial charge in [-0.05, 0) is 48.6 Å². The largest absolute Gasteiger partial charge is 0.469 e. The quantitative estimate of drug-likeness (QED) is 0.527. The minimum atomic E-state index is 0.100. The third kappa shape index (κ3) is 3.33. The van der Waals surface area contributed by atoms with Crippen LogP contribution in [0, 0.1) is 0 Å². The third-order valence-electron chi connectivity index (χ3n) is 5.20. The molecule has 4 aromatic heterocycles. The molecule has 0 radical (unpaired) electrons. The van der Waals surface area contributed by atoms with E-state index in [1.165, 1.54) is 4.88 Å². The van der Waals surface area contributed by atoms with Crippen molar-refractivity contribution in [3.63, 3.8) is 0 Å². The molecule has 5 rings (SSSR count). The maximum Gasteiger partial charge on any atom is 0.230 e. The SMILES string of the molecule is O=C(Cc1ccco1)N1CCCC(c2nc3ccc(-c4cccs4)cn3n2)C1. The van der Waals surface area contributed by atoms with Crippen LogP contribution in [0.2, 0.25) is 0 Å². The first-order valence-corrected chi connectivity index (χ1v) is 10.3. The lowest BCUT2D eigenvalue weighted by Gasteiger charge is -2.31. The van der Waals surface area contributed by atoms with Gasteiger partial charge in [0.15, 0.2) is 11.5 Å². The number of likely N-dealkylation sites (tertiary alicyclic amines) is 1. The molecule has 1 aliphatic heterocycles. The van der Waals surface area contributed by atoms with Crippen LogP contribution in [0.3, 0.4) is 0 Å². The first kappa shape index (κ1) is 17.2. The number of fused-ring (bicyclic) bond motifs is 1. The molecule has 4 aromatic rings. The van der Waals surface area contributed by atoms with Gasteiger partial charge in [-0.3, -0.25) is 4.79 Å². The summed E-state index contributed by atoms with van der Waals surface area (Å²) in [5.74, 6) is 1.79. The summed E-state index contributed by atoms with van der Waals surface area (Å²) < 4.78 is 7.17. The van der Waals surface area contributed by atoms with Crippen molar-refractivity contribution >= 4 is 22.9 Å². The molecule has 1 atom stereocenters. The fourth-order valence-electron chi connectivity index (χ4n) is 3.75. The molecule has 0 N–H and O–H groups in total. The highest BCUT2D eigenvalue weighted by Gasteiger charge is 2.27. The summed E-state index contributed by atoms with van der Waals surface area (Å²) >= 11 is 1.71. The van der Waals surface area contributed by atoms with Gasteiger partial charge in [0.05, 0.1) is 12.7 Å². The normalized spacial score (nSPS) is 17.3. The Morgan fingerprint density at radius 1 is 1.25 bits per heavy atom. The number of rotatable bonds is 4. The average molecular weight is 392 g/mol. The molecule has 1 aliphatic rings. The van der Waals surface area contributed by atoms with E-state index < -0.39 is 0 Å². The van der Waals surface area contributed by atoms with Crippen LogP contribution in [0.1, 0.15) is 30.3 Å². The van der Waals surface area contributed by atoms with E-state index in [0.717, 1.165) is 36.4 Å². The molecule has 0 bridgehead atoms. The Hall–Kier alpha value is -2.93. The first-order valence-electron chi connectivity index (χ1n) is 9.46. The van der Waals surface area contributed by atoms with E-state index >= 15 is 0 Å². The zero-order chi connectivity index (χ0) is 18.9. The smallest absolute Gasteiger partial charge is 0.230 e. The molecule has 28 heavy (non-hydrogen) atoms. The molecule has 1 unspecified atom stereocenters. The highest BCUT2D eigenvalue weighted by atomic mass is 32.1. The summed E-state index contributed by atoms with van der Waals surface area (Å²) in [7, 11) is 0. The maximum absolute atomic E-state index is 12.6. The summed E-state index contributed by atoms with van der Waals surface area (Å²) in [5.41, 5.74) is 1.98. The van der Waals surface area contributed by atoms with Crippen molar-refractivity contribution in [2.75, 3.05) is 13.1 Å². The number of carbonyl (C=O) groups is 1. The van der Waals surface area contributed by atoms with E-state index in [2.05, 4.69) is 17.5 Å². The summed E-state index contributed by atoms with van der Waals surface area (Å²) in [6, 6.07) is 11.9. The van der Waals surface area contributed by atoms with Gasteiger partial charge in [0.2, 0.25) is 5.91 Å². The average Bonchev–Trinajstić information content (AvgIpc) is 3.48. The van der Waals surface area contributed by atoms with Gasteiger partial charge in [0.1, 0.15) is 5.76 Å². The minimum absolute atomic E-state index is 0.100. The zero-order valence-electron chi connectivity index (χ0n) is 15.3. The Morgan fingerprint density at radius 2 is 2.21 bits per heavy atom. The topological polar surface area (TPSA) is 63.6 Å². The number of pyridine rings is 1. The van der Waals surface area contributed by atoms with Crippen LogP contribution in [0.25, 0.3) is 16.1 Å². The molecule has 1 saturated heterocycles. The van der Waals surface area contributed by atoms with Crippen molar-refractivity contribution < 1.29 is 9.21 Å². The van der Waals surface area contributed by atoms with Crippen LogP contribution in [0.15, 0.2) is 58.7 Å². The lowest BCUT2D eigenvalue weighted by Crippen LogP contribution is -2.40. The Labute approximate surface area is 166 Å². The molecule has 1 amide bonds. The van der Waals surface area contributed by atoms with E-state index in [-0.39, 0.29) is 11.8 Å². The van der Waals surface area contributed by atoms with Crippen molar-refractivity contribution in [1.29, 1.82) is 0 Å². The Balaban J connectivity index is 1.35. The predicted octanol–water partition coefficient (Wildman–Crippen LogP) is 4.00. The summed E-state index contributed by atoms with van der Waals surface area (Å²) in [6.45, 7) is 1.44.